The van der Waals surface area contributed by atoms with Gasteiger partial charge in [0.2, 0.25) is 5.91 Å². The molecule has 2 aliphatic rings. The fourth-order valence-corrected chi connectivity index (χ4v) is 4.30. The summed E-state index contributed by atoms with van der Waals surface area (Å²) in [5.74, 6) is -1.12. The first-order valence-electron chi connectivity index (χ1n) is 7.95. The molecule has 0 aromatic heterocycles. The molecular formula is C16H21FN2O3S. The van der Waals surface area contributed by atoms with Crippen LogP contribution in [0.3, 0.4) is 0 Å². The second-order valence-electron chi connectivity index (χ2n) is 6.37. The van der Waals surface area contributed by atoms with E-state index in [0.717, 1.165) is 24.3 Å². The molecule has 2 saturated heterocycles. The predicted octanol–water partition coefficient (Wildman–Crippen LogP) is 1.93. The summed E-state index contributed by atoms with van der Waals surface area (Å²) >= 11 is 0. The Morgan fingerprint density at radius 2 is 1.87 bits per heavy atom. The number of rotatable bonds is 5. The van der Waals surface area contributed by atoms with E-state index in [1.54, 1.807) is 4.90 Å². The van der Waals surface area contributed by atoms with Gasteiger partial charge in [0.1, 0.15) is 0 Å². The molecular weight excluding hydrogens is 319 g/mol. The van der Waals surface area contributed by atoms with Crippen molar-refractivity contribution < 1.29 is 17.1 Å². The molecule has 0 N–H and O–H groups in total. The highest BCUT2D eigenvalue weighted by Gasteiger charge is 2.33. The van der Waals surface area contributed by atoms with Crippen LogP contribution in [0.15, 0.2) is 24.3 Å². The summed E-state index contributed by atoms with van der Waals surface area (Å²) in [5, 5.41) is 0. The van der Waals surface area contributed by atoms with Crippen molar-refractivity contribution in [3.05, 3.63) is 29.8 Å². The molecule has 1 aromatic carbocycles. The minimum Gasteiger partial charge on any atom is -0.371 e. The van der Waals surface area contributed by atoms with E-state index in [-0.39, 0.29) is 12.3 Å². The van der Waals surface area contributed by atoms with Crippen molar-refractivity contribution in [1.29, 1.82) is 0 Å². The maximum absolute atomic E-state index is 12.8. The predicted molar refractivity (Wildman–Crippen MR) is 86.3 cm³/mol. The van der Waals surface area contributed by atoms with Crippen molar-refractivity contribution >= 4 is 21.8 Å². The molecule has 3 rings (SSSR count). The zero-order valence-corrected chi connectivity index (χ0v) is 13.8. The first kappa shape index (κ1) is 16.2. The van der Waals surface area contributed by atoms with Crippen LogP contribution >= 0.6 is 0 Å². The lowest BCUT2D eigenvalue weighted by Crippen LogP contribution is -2.27. The van der Waals surface area contributed by atoms with Gasteiger partial charge in [0, 0.05) is 44.2 Å². The third-order valence-electron chi connectivity index (χ3n) is 4.53. The van der Waals surface area contributed by atoms with E-state index in [4.69, 9.17) is 0 Å². The van der Waals surface area contributed by atoms with E-state index in [1.165, 1.54) is 12.8 Å². The molecule has 0 radical (unpaired) electrons. The van der Waals surface area contributed by atoms with E-state index in [9.17, 15) is 17.1 Å². The molecule has 126 valence electrons. The molecule has 2 heterocycles. The highest BCUT2D eigenvalue weighted by Crippen LogP contribution is 2.28. The molecule has 0 bridgehead atoms. The van der Waals surface area contributed by atoms with Gasteiger partial charge in [0.15, 0.2) is 0 Å². The molecule has 2 fully saturated rings. The Morgan fingerprint density at radius 3 is 2.57 bits per heavy atom. The smallest absolute Gasteiger partial charge is 0.302 e. The van der Waals surface area contributed by atoms with Crippen LogP contribution in [-0.2, 0) is 21.6 Å². The summed E-state index contributed by atoms with van der Waals surface area (Å²) < 4.78 is 34.4. The Balaban J connectivity index is 1.71. The van der Waals surface area contributed by atoms with E-state index in [1.807, 2.05) is 18.2 Å². The highest BCUT2D eigenvalue weighted by molar-refractivity contribution is 7.86. The lowest BCUT2D eigenvalue weighted by Gasteiger charge is -2.24. The lowest BCUT2D eigenvalue weighted by atomic mass is 10.1. The standard InChI is InChI=1S/C16H21FN2O3S/c17-23(21,22)12-13-9-16(20)19(10-13)11-14-5-1-2-6-15(14)18-7-3-4-8-18/h1-2,5-6,13H,3-4,7-12H2. The summed E-state index contributed by atoms with van der Waals surface area (Å²) in [5.41, 5.74) is 2.20. The van der Waals surface area contributed by atoms with Crippen molar-refractivity contribution in [1.82, 2.24) is 4.90 Å². The fraction of sp³-hybridized carbons (Fsp3) is 0.562. The van der Waals surface area contributed by atoms with Gasteiger partial charge < -0.3 is 9.80 Å². The zero-order chi connectivity index (χ0) is 16.4. The third-order valence-corrected chi connectivity index (χ3v) is 5.40. The maximum atomic E-state index is 12.8. The van der Waals surface area contributed by atoms with Crippen LogP contribution in [-0.4, -0.2) is 44.6 Å². The van der Waals surface area contributed by atoms with Crippen LogP contribution in [0.5, 0.6) is 0 Å². The van der Waals surface area contributed by atoms with Gasteiger partial charge in [-0.25, -0.2) is 0 Å². The van der Waals surface area contributed by atoms with Gasteiger partial charge >= 0.3 is 10.2 Å². The van der Waals surface area contributed by atoms with E-state index in [0.29, 0.717) is 13.1 Å². The Bertz CT molecular complexity index is 686. The number of benzene rings is 1. The lowest BCUT2D eigenvalue weighted by molar-refractivity contribution is -0.128. The molecule has 2 aliphatic heterocycles. The minimum atomic E-state index is -4.54. The Morgan fingerprint density at radius 1 is 1.17 bits per heavy atom. The van der Waals surface area contributed by atoms with Crippen molar-refractivity contribution in [3.63, 3.8) is 0 Å². The molecule has 23 heavy (non-hydrogen) atoms. The maximum Gasteiger partial charge on any atom is 0.302 e. The van der Waals surface area contributed by atoms with E-state index >= 15 is 0 Å². The Kier molecular flexibility index (Phi) is 4.57. The van der Waals surface area contributed by atoms with Gasteiger partial charge in [-0.2, -0.15) is 8.42 Å². The molecule has 1 atom stereocenters. The van der Waals surface area contributed by atoms with Crippen LogP contribution < -0.4 is 4.90 Å². The number of halogens is 1. The number of amides is 1. The van der Waals surface area contributed by atoms with Crippen LogP contribution in [0, 0.1) is 5.92 Å². The van der Waals surface area contributed by atoms with Gasteiger partial charge in [-0.3, -0.25) is 4.79 Å². The number of hydrogen-bond donors (Lipinski definition) is 0. The second-order valence-corrected chi connectivity index (χ2v) is 7.78. The van der Waals surface area contributed by atoms with Crippen LogP contribution in [0.2, 0.25) is 0 Å². The number of nitrogens with zero attached hydrogens (tertiary/aromatic N) is 2. The SMILES string of the molecule is O=C1CC(CS(=O)(=O)F)CN1Cc1ccccc1N1CCCC1. The highest BCUT2D eigenvalue weighted by atomic mass is 32.3. The van der Waals surface area contributed by atoms with Gasteiger partial charge in [0.25, 0.3) is 0 Å². The molecule has 0 spiro atoms. The molecule has 7 heteroatoms. The van der Waals surface area contributed by atoms with Crippen LogP contribution in [0.4, 0.5) is 9.57 Å². The normalized spacial score (nSPS) is 22.1. The van der Waals surface area contributed by atoms with E-state index in [2.05, 4.69) is 11.0 Å². The van der Waals surface area contributed by atoms with Crippen LogP contribution in [0.1, 0.15) is 24.8 Å². The number of likely N-dealkylation sites (tertiary alicyclic amines) is 1. The van der Waals surface area contributed by atoms with Gasteiger partial charge in [-0.1, -0.05) is 18.2 Å². The molecule has 1 amide bonds. The van der Waals surface area contributed by atoms with Crippen molar-refractivity contribution in [3.8, 4) is 0 Å². The first-order valence-corrected chi connectivity index (χ1v) is 9.50. The summed E-state index contributed by atoms with van der Waals surface area (Å²) in [6.45, 7) is 2.80. The Hall–Kier alpha value is -1.63. The van der Waals surface area contributed by atoms with E-state index < -0.39 is 21.9 Å². The molecule has 1 aromatic rings. The average molecular weight is 340 g/mol. The zero-order valence-electron chi connectivity index (χ0n) is 12.9. The van der Waals surface area contributed by atoms with Gasteiger partial charge in [-0.05, 0) is 24.5 Å². The monoisotopic (exact) mass is 340 g/mol. The fourth-order valence-electron chi connectivity index (χ4n) is 3.52. The molecule has 0 saturated carbocycles. The van der Waals surface area contributed by atoms with Crippen molar-refractivity contribution in [2.24, 2.45) is 5.92 Å². The topological polar surface area (TPSA) is 57.7 Å². The first-order chi connectivity index (χ1) is 10.9. The number of carbonyl (C=O) groups is 1. The molecule has 0 aliphatic carbocycles. The largest absolute Gasteiger partial charge is 0.371 e. The number of para-hydroxylation sites is 1. The molecule has 5 nitrogen and oxygen atoms in total. The third kappa shape index (κ3) is 4.02. The Labute approximate surface area is 136 Å². The van der Waals surface area contributed by atoms with Gasteiger partial charge in [-0.15, -0.1) is 3.89 Å². The van der Waals surface area contributed by atoms with Crippen LogP contribution in [0.25, 0.3) is 0 Å². The molecule has 1 unspecified atom stereocenters. The number of hydrogen-bond acceptors (Lipinski definition) is 4. The second kappa shape index (κ2) is 6.47. The average Bonchev–Trinajstić information content (AvgIpc) is 3.09. The van der Waals surface area contributed by atoms with Crippen molar-refractivity contribution in [2.75, 3.05) is 30.3 Å². The summed E-state index contributed by atoms with van der Waals surface area (Å²) in [4.78, 5) is 16.1. The summed E-state index contributed by atoms with van der Waals surface area (Å²) in [6.07, 6.45) is 2.45. The quantitative estimate of drug-likeness (QED) is 0.769. The summed E-state index contributed by atoms with van der Waals surface area (Å²) in [7, 11) is -4.54. The number of anilines is 1. The minimum absolute atomic E-state index is 0.102. The number of carbonyl (C=O) groups excluding carboxylic acids is 1. The van der Waals surface area contributed by atoms with Crippen molar-refractivity contribution in [2.45, 2.75) is 25.8 Å². The summed E-state index contributed by atoms with van der Waals surface area (Å²) in [6, 6.07) is 7.99. The van der Waals surface area contributed by atoms with Gasteiger partial charge in [0.05, 0.1) is 5.75 Å².